The fourth-order valence-electron chi connectivity index (χ4n) is 2.39. The van der Waals surface area contributed by atoms with Gasteiger partial charge >= 0.3 is 0 Å². The van der Waals surface area contributed by atoms with Gasteiger partial charge in [0.25, 0.3) is 0 Å². The molecule has 2 heterocycles. The summed E-state index contributed by atoms with van der Waals surface area (Å²) in [5.74, 6) is -0.246. The number of morpholine rings is 1. The Morgan fingerprint density at radius 1 is 1.33 bits per heavy atom. The Morgan fingerprint density at radius 3 is 2.83 bits per heavy atom. The molecule has 0 aliphatic carbocycles. The molecule has 7 nitrogen and oxygen atoms in total. The number of thiophene rings is 1. The molecular formula is C16H25N4O3S+. The Kier molecular flexibility index (Phi) is 7.87. The van der Waals surface area contributed by atoms with Gasteiger partial charge in [0.2, 0.25) is 11.8 Å². The van der Waals surface area contributed by atoms with E-state index in [2.05, 4.69) is 15.8 Å². The fourth-order valence-corrected chi connectivity index (χ4v) is 3.10. The maximum absolute atomic E-state index is 11.9. The lowest BCUT2D eigenvalue weighted by molar-refractivity contribution is -0.906. The monoisotopic (exact) mass is 353 g/mol. The number of ether oxygens (including phenoxy) is 1. The highest BCUT2D eigenvalue weighted by molar-refractivity contribution is 7.10. The van der Waals surface area contributed by atoms with Crippen LogP contribution in [0.5, 0.6) is 0 Å². The molecule has 0 unspecified atom stereocenters. The second-order valence-electron chi connectivity index (χ2n) is 5.78. The van der Waals surface area contributed by atoms with E-state index in [0.29, 0.717) is 18.7 Å². The number of nitrogens with one attached hydrogen (secondary N) is 3. The van der Waals surface area contributed by atoms with Gasteiger partial charge < -0.3 is 15.0 Å². The van der Waals surface area contributed by atoms with E-state index in [1.807, 2.05) is 17.5 Å². The normalized spacial score (nSPS) is 16.0. The van der Waals surface area contributed by atoms with Crippen molar-refractivity contribution >= 4 is 28.9 Å². The minimum Gasteiger partial charge on any atom is -0.370 e. The third-order valence-electron chi connectivity index (χ3n) is 3.70. The molecule has 0 atom stereocenters. The summed E-state index contributed by atoms with van der Waals surface area (Å²) in [6.45, 7) is 6.85. The summed E-state index contributed by atoms with van der Waals surface area (Å²) in [7, 11) is 0. The smallest absolute Gasteiger partial charge is 0.245 e. The van der Waals surface area contributed by atoms with Crippen LogP contribution in [0, 0.1) is 0 Å². The average molecular weight is 353 g/mol. The van der Waals surface area contributed by atoms with Gasteiger partial charge in [0, 0.05) is 10.6 Å². The van der Waals surface area contributed by atoms with Crippen molar-refractivity contribution in [3.05, 3.63) is 22.4 Å². The van der Waals surface area contributed by atoms with Crippen molar-refractivity contribution in [1.29, 1.82) is 0 Å². The minimum atomic E-state index is -0.173. The zero-order chi connectivity index (χ0) is 17.2. The number of hydrazone groups is 1. The quantitative estimate of drug-likeness (QED) is 0.423. The number of rotatable bonds is 8. The second-order valence-corrected chi connectivity index (χ2v) is 6.81. The summed E-state index contributed by atoms with van der Waals surface area (Å²) in [4.78, 5) is 26.0. The first kappa shape index (κ1) is 18.6. The van der Waals surface area contributed by atoms with Crippen molar-refractivity contribution in [2.24, 2.45) is 5.10 Å². The highest BCUT2D eigenvalue weighted by Gasteiger charge is 2.13. The zero-order valence-electron chi connectivity index (χ0n) is 14.0. The number of hydrogen-bond acceptors (Lipinski definition) is 5. The molecule has 0 bridgehead atoms. The van der Waals surface area contributed by atoms with Crippen molar-refractivity contribution < 1.29 is 19.2 Å². The van der Waals surface area contributed by atoms with Crippen molar-refractivity contribution in [3.63, 3.8) is 0 Å². The summed E-state index contributed by atoms with van der Waals surface area (Å²) >= 11 is 1.53. The van der Waals surface area contributed by atoms with E-state index in [9.17, 15) is 9.59 Å². The van der Waals surface area contributed by atoms with Crippen LogP contribution in [0.3, 0.4) is 0 Å². The third kappa shape index (κ3) is 7.20. The van der Waals surface area contributed by atoms with Gasteiger partial charge in [-0.25, -0.2) is 5.43 Å². The summed E-state index contributed by atoms with van der Waals surface area (Å²) < 4.78 is 5.30. The fraction of sp³-hybridized carbons (Fsp3) is 0.562. The molecule has 2 rings (SSSR count). The number of quaternary nitrogens is 1. The predicted octanol–water partition coefficient (Wildman–Crippen LogP) is -0.796. The number of amides is 2. The van der Waals surface area contributed by atoms with Crippen LogP contribution < -0.4 is 15.6 Å². The molecule has 2 amide bonds. The van der Waals surface area contributed by atoms with Crippen molar-refractivity contribution in [1.82, 2.24) is 10.7 Å². The molecule has 0 saturated carbocycles. The maximum atomic E-state index is 11.9. The zero-order valence-corrected chi connectivity index (χ0v) is 14.8. The molecule has 1 aliphatic rings. The molecule has 3 N–H and O–H groups in total. The van der Waals surface area contributed by atoms with Crippen LogP contribution in [0.1, 0.15) is 18.2 Å². The van der Waals surface area contributed by atoms with Gasteiger partial charge in [0.15, 0.2) is 0 Å². The molecule has 1 saturated heterocycles. The Bertz CT molecular complexity index is 554. The lowest BCUT2D eigenvalue weighted by Gasteiger charge is -2.23. The first-order chi connectivity index (χ1) is 11.6. The summed E-state index contributed by atoms with van der Waals surface area (Å²) in [5, 5.41) is 8.80. The van der Waals surface area contributed by atoms with Crippen molar-refractivity contribution in [2.75, 3.05) is 39.4 Å². The van der Waals surface area contributed by atoms with Crippen LogP contribution in [-0.2, 0) is 20.7 Å². The first-order valence-electron chi connectivity index (χ1n) is 8.16. The largest absolute Gasteiger partial charge is 0.370 e. The Morgan fingerprint density at radius 2 is 2.12 bits per heavy atom. The van der Waals surface area contributed by atoms with E-state index >= 15 is 0 Å². The highest BCUT2D eigenvalue weighted by atomic mass is 32.1. The molecule has 24 heavy (non-hydrogen) atoms. The molecule has 1 fully saturated rings. The summed E-state index contributed by atoms with van der Waals surface area (Å²) in [6, 6.07) is 3.81. The van der Waals surface area contributed by atoms with Crippen molar-refractivity contribution in [3.8, 4) is 0 Å². The number of carbonyl (C=O) groups is 2. The van der Waals surface area contributed by atoms with Crippen LogP contribution in [0.4, 0.5) is 0 Å². The van der Waals surface area contributed by atoms with E-state index in [4.69, 9.17) is 4.74 Å². The minimum absolute atomic E-state index is 0.0728. The average Bonchev–Trinajstić information content (AvgIpc) is 3.07. The van der Waals surface area contributed by atoms with Crippen LogP contribution in [0.15, 0.2) is 22.6 Å². The number of nitrogens with zero attached hydrogens (tertiary/aromatic N) is 1. The second kappa shape index (κ2) is 10.2. The molecule has 0 radical (unpaired) electrons. The van der Waals surface area contributed by atoms with E-state index in [-0.39, 0.29) is 18.2 Å². The number of carbonyl (C=O) groups excluding carboxylic acids is 2. The third-order valence-corrected chi connectivity index (χ3v) is 4.58. The molecule has 1 aromatic heterocycles. The van der Waals surface area contributed by atoms with Gasteiger partial charge in [-0.1, -0.05) is 6.07 Å². The Balaban J connectivity index is 1.60. The summed E-state index contributed by atoms with van der Waals surface area (Å²) in [6.07, 6.45) is 0.501. The van der Waals surface area contributed by atoms with E-state index in [1.165, 1.54) is 16.2 Å². The van der Waals surface area contributed by atoms with Gasteiger partial charge in [-0.3, -0.25) is 9.59 Å². The number of hydrogen-bond donors (Lipinski definition) is 3. The molecular weight excluding hydrogens is 328 g/mol. The highest BCUT2D eigenvalue weighted by Crippen LogP contribution is 2.08. The van der Waals surface area contributed by atoms with Crippen LogP contribution in [0.25, 0.3) is 0 Å². The first-order valence-corrected chi connectivity index (χ1v) is 9.04. The molecule has 0 aromatic carbocycles. The van der Waals surface area contributed by atoms with E-state index < -0.39 is 0 Å². The van der Waals surface area contributed by atoms with Crippen LogP contribution in [-0.4, -0.2) is 56.9 Å². The van der Waals surface area contributed by atoms with Gasteiger partial charge in [-0.2, -0.15) is 5.10 Å². The Labute approximate surface area is 146 Å². The molecule has 1 aromatic rings. The van der Waals surface area contributed by atoms with Crippen LogP contribution >= 0.6 is 11.3 Å². The Hall–Kier alpha value is -1.77. The van der Waals surface area contributed by atoms with Gasteiger partial charge in [0.05, 0.1) is 39.1 Å². The molecule has 132 valence electrons. The standard InChI is InChI=1S/C16H24N4O3S/c1-13(18-19-16(22)12-14-3-2-10-24-14)11-15(21)17-4-5-20-6-8-23-9-7-20/h2-3,10H,4-9,11-12H2,1H3,(H,17,21)(H,19,22)/p+1/b18-13-. The van der Waals surface area contributed by atoms with Gasteiger partial charge in [-0.05, 0) is 18.4 Å². The van der Waals surface area contributed by atoms with E-state index in [0.717, 1.165) is 37.7 Å². The van der Waals surface area contributed by atoms with Gasteiger partial charge in [0.1, 0.15) is 13.1 Å². The summed E-state index contributed by atoms with van der Waals surface area (Å²) in [5.41, 5.74) is 3.08. The van der Waals surface area contributed by atoms with Crippen LogP contribution in [0.2, 0.25) is 0 Å². The maximum Gasteiger partial charge on any atom is 0.245 e. The van der Waals surface area contributed by atoms with E-state index in [1.54, 1.807) is 6.92 Å². The lowest BCUT2D eigenvalue weighted by Crippen LogP contribution is -3.14. The molecule has 0 spiro atoms. The van der Waals surface area contributed by atoms with Crippen molar-refractivity contribution in [2.45, 2.75) is 19.8 Å². The topological polar surface area (TPSA) is 84.2 Å². The SMILES string of the molecule is C/C(CC(=O)NCC[NH+]1CCOCC1)=N/NC(=O)Cc1cccs1. The molecule has 8 heteroatoms. The van der Waals surface area contributed by atoms with Gasteiger partial charge in [-0.15, -0.1) is 11.3 Å². The lowest BCUT2D eigenvalue weighted by atomic mass is 10.3. The molecule has 1 aliphatic heterocycles. The predicted molar refractivity (Wildman–Crippen MR) is 93.3 cm³/mol.